The molecular weight excluding hydrogens is 244 g/mol. The summed E-state index contributed by atoms with van der Waals surface area (Å²) in [6.07, 6.45) is 0. The number of hydrogen-bond acceptors (Lipinski definition) is 3. The van der Waals surface area contributed by atoms with Gasteiger partial charge in [0.2, 0.25) is 0 Å². The number of carboxylic acid groups (broad SMARTS) is 1. The van der Waals surface area contributed by atoms with Gasteiger partial charge in [-0.25, -0.2) is 4.79 Å². The van der Waals surface area contributed by atoms with Gasteiger partial charge in [0.1, 0.15) is 12.4 Å². The van der Waals surface area contributed by atoms with Gasteiger partial charge in [0.15, 0.2) is 0 Å². The van der Waals surface area contributed by atoms with Gasteiger partial charge in [-0.2, -0.15) is 0 Å². The topological polar surface area (TPSA) is 63.6 Å². The molecule has 0 aliphatic rings. The van der Waals surface area contributed by atoms with E-state index in [4.69, 9.17) is 9.84 Å². The van der Waals surface area contributed by atoms with E-state index in [9.17, 15) is 9.59 Å². The number of ketones is 1. The Balaban J connectivity index is 2.07. The maximum atomic E-state index is 11.3. The zero-order valence-electron chi connectivity index (χ0n) is 10.1. The zero-order valence-corrected chi connectivity index (χ0v) is 10.1. The van der Waals surface area contributed by atoms with Crippen molar-refractivity contribution in [1.29, 1.82) is 0 Å². The molecule has 0 heterocycles. The Bertz CT molecular complexity index is 590. The Morgan fingerprint density at radius 3 is 2.42 bits per heavy atom. The van der Waals surface area contributed by atoms with E-state index in [0.29, 0.717) is 12.4 Å². The molecule has 0 radical (unpaired) electrons. The van der Waals surface area contributed by atoms with Crippen LogP contribution in [0, 0.1) is 0 Å². The molecule has 19 heavy (non-hydrogen) atoms. The molecule has 0 aliphatic heterocycles. The summed E-state index contributed by atoms with van der Waals surface area (Å²) in [7, 11) is 0. The predicted molar refractivity (Wildman–Crippen MR) is 69.2 cm³/mol. The number of carbonyl (C=O) groups is 2. The first kappa shape index (κ1) is 12.8. The van der Waals surface area contributed by atoms with Crippen LogP contribution in [0.3, 0.4) is 0 Å². The van der Waals surface area contributed by atoms with Crippen LogP contribution in [-0.2, 0) is 11.4 Å². The monoisotopic (exact) mass is 256 g/mol. The Morgan fingerprint density at radius 1 is 1.00 bits per heavy atom. The van der Waals surface area contributed by atoms with Crippen molar-refractivity contribution in [3.05, 3.63) is 65.7 Å². The second-order valence-corrected chi connectivity index (χ2v) is 3.94. The Morgan fingerprint density at radius 2 is 1.74 bits per heavy atom. The first-order valence-corrected chi connectivity index (χ1v) is 5.71. The Kier molecular flexibility index (Phi) is 3.93. The average Bonchev–Trinajstić information content (AvgIpc) is 2.45. The van der Waals surface area contributed by atoms with Gasteiger partial charge in [0.25, 0.3) is 5.78 Å². The second kappa shape index (κ2) is 5.82. The van der Waals surface area contributed by atoms with E-state index >= 15 is 0 Å². The largest absolute Gasteiger partial charge is 0.489 e. The lowest BCUT2D eigenvalue weighted by Gasteiger charge is -2.07. The van der Waals surface area contributed by atoms with E-state index in [2.05, 4.69) is 0 Å². The lowest BCUT2D eigenvalue weighted by atomic mass is 10.1. The second-order valence-electron chi connectivity index (χ2n) is 3.94. The summed E-state index contributed by atoms with van der Waals surface area (Å²) in [5, 5.41) is 8.64. The number of Topliss-reactive ketones (excluding diaryl/α,β-unsaturated/α-hetero) is 1. The fourth-order valence-electron chi connectivity index (χ4n) is 1.59. The van der Waals surface area contributed by atoms with Crippen LogP contribution in [0.5, 0.6) is 5.75 Å². The van der Waals surface area contributed by atoms with Crippen LogP contribution >= 0.6 is 0 Å². The van der Waals surface area contributed by atoms with E-state index in [1.807, 2.05) is 30.3 Å². The van der Waals surface area contributed by atoms with Gasteiger partial charge in [-0.15, -0.1) is 0 Å². The molecule has 2 rings (SSSR count). The molecule has 0 aromatic heterocycles. The summed E-state index contributed by atoms with van der Waals surface area (Å²) < 4.78 is 5.52. The quantitative estimate of drug-likeness (QED) is 0.659. The van der Waals surface area contributed by atoms with Crippen molar-refractivity contribution in [2.45, 2.75) is 6.61 Å². The average molecular weight is 256 g/mol. The molecule has 0 unspecified atom stereocenters. The van der Waals surface area contributed by atoms with Gasteiger partial charge in [-0.1, -0.05) is 42.5 Å². The van der Waals surface area contributed by atoms with Gasteiger partial charge >= 0.3 is 5.97 Å². The van der Waals surface area contributed by atoms with Gasteiger partial charge in [-0.3, -0.25) is 4.79 Å². The molecule has 0 fully saturated rings. The lowest BCUT2D eigenvalue weighted by molar-refractivity contribution is -0.131. The van der Waals surface area contributed by atoms with E-state index < -0.39 is 11.8 Å². The summed E-state index contributed by atoms with van der Waals surface area (Å²) in [5.41, 5.74) is 1.11. The van der Waals surface area contributed by atoms with Crippen molar-refractivity contribution < 1.29 is 19.4 Å². The zero-order chi connectivity index (χ0) is 13.7. The first-order chi connectivity index (χ1) is 9.16. The van der Waals surface area contributed by atoms with Gasteiger partial charge in [0, 0.05) is 5.56 Å². The third-order valence-electron chi connectivity index (χ3n) is 2.54. The number of benzene rings is 2. The third kappa shape index (κ3) is 3.42. The van der Waals surface area contributed by atoms with Crippen LogP contribution in [0.1, 0.15) is 15.9 Å². The van der Waals surface area contributed by atoms with Crippen LogP contribution in [0.25, 0.3) is 0 Å². The molecule has 96 valence electrons. The molecule has 0 bridgehead atoms. The maximum absolute atomic E-state index is 11.3. The van der Waals surface area contributed by atoms with Crippen molar-refractivity contribution in [3.8, 4) is 5.75 Å². The van der Waals surface area contributed by atoms with Gasteiger partial charge in [0.05, 0.1) is 0 Å². The van der Waals surface area contributed by atoms with Crippen LogP contribution in [0.2, 0.25) is 0 Å². The smallest absolute Gasteiger partial charge is 0.377 e. The minimum atomic E-state index is -1.47. The molecule has 0 saturated heterocycles. The first-order valence-electron chi connectivity index (χ1n) is 5.71. The van der Waals surface area contributed by atoms with E-state index in [1.165, 1.54) is 12.1 Å². The summed E-state index contributed by atoms with van der Waals surface area (Å²) in [5.74, 6) is -1.94. The highest BCUT2D eigenvalue weighted by Crippen LogP contribution is 2.15. The summed E-state index contributed by atoms with van der Waals surface area (Å²) in [6, 6.07) is 15.7. The van der Waals surface area contributed by atoms with Crippen LogP contribution in [-0.4, -0.2) is 16.9 Å². The van der Waals surface area contributed by atoms with Crippen molar-refractivity contribution in [3.63, 3.8) is 0 Å². The molecule has 0 saturated carbocycles. The lowest BCUT2D eigenvalue weighted by Crippen LogP contribution is -2.12. The van der Waals surface area contributed by atoms with Gasteiger partial charge < -0.3 is 9.84 Å². The molecule has 2 aromatic rings. The molecule has 1 N–H and O–H groups in total. The normalized spacial score (nSPS) is 9.89. The summed E-state index contributed by atoms with van der Waals surface area (Å²) in [4.78, 5) is 21.9. The van der Waals surface area contributed by atoms with Gasteiger partial charge in [-0.05, 0) is 17.7 Å². The molecule has 4 nitrogen and oxygen atoms in total. The molecule has 2 aromatic carbocycles. The Hall–Kier alpha value is -2.62. The van der Waals surface area contributed by atoms with Crippen molar-refractivity contribution in [2.24, 2.45) is 0 Å². The van der Waals surface area contributed by atoms with Crippen molar-refractivity contribution >= 4 is 11.8 Å². The number of hydrogen-bond donors (Lipinski definition) is 1. The van der Waals surface area contributed by atoms with Crippen LogP contribution in [0.15, 0.2) is 54.6 Å². The fraction of sp³-hybridized carbons (Fsp3) is 0.0667. The SMILES string of the molecule is O=C(O)C(=O)c1cccc(OCc2ccccc2)c1. The molecule has 0 aliphatic carbocycles. The van der Waals surface area contributed by atoms with Crippen LogP contribution in [0.4, 0.5) is 0 Å². The summed E-state index contributed by atoms with van der Waals surface area (Å²) >= 11 is 0. The minimum absolute atomic E-state index is 0.109. The molecule has 0 atom stereocenters. The number of aliphatic carboxylic acids is 1. The molecule has 0 spiro atoms. The number of rotatable bonds is 5. The van der Waals surface area contributed by atoms with E-state index in [1.54, 1.807) is 12.1 Å². The molecular formula is C15H12O4. The predicted octanol–water partition coefficient (Wildman–Crippen LogP) is 2.53. The highest BCUT2D eigenvalue weighted by atomic mass is 16.5. The minimum Gasteiger partial charge on any atom is -0.489 e. The maximum Gasteiger partial charge on any atom is 0.377 e. The highest BCUT2D eigenvalue weighted by molar-refractivity contribution is 6.39. The number of carbonyl (C=O) groups excluding carboxylic acids is 1. The van der Waals surface area contributed by atoms with E-state index in [0.717, 1.165) is 5.56 Å². The Labute approximate surface area is 110 Å². The fourth-order valence-corrected chi connectivity index (χ4v) is 1.59. The summed E-state index contributed by atoms with van der Waals surface area (Å²) in [6.45, 7) is 0.367. The standard InChI is InChI=1S/C15H12O4/c16-14(15(17)18)12-7-4-8-13(9-12)19-10-11-5-2-1-3-6-11/h1-9H,10H2,(H,17,18). The van der Waals surface area contributed by atoms with E-state index in [-0.39, 0.29) is 5.56 Å². The number of ether oxygens (including phenoxy) is 1. The third-order valence-corrected chi connectivity index (χ3v) is 2.54. The van der Waals surface area contributed by atoms with Crippen molar-refractivity contribution in [2.75, 3.05) is 0 Å². The molecule has 0 amide bonds. The highest BCUT2D eigenvalue weighted by Gasteiger charge is 2.14. The van der Waals surface area contributed by atoms with Crippen LogP contribution < -0.4 is 4.74 Å². The number of carboxylic acids is 1. The van der Waals surface area contributed by atoms with Crippen molar-refractivity contribution in [1.82, 2.24) is 0 Å². The molecule has 4 heteroatoms.